The van der Waals surface area contributed by atoms with Crippen molar-refractivity contribution in [2.75, 3.05) is 36.4 Å². The van der Waals surface area contributed by atoms with Crippen LogP contribution in [0.3, 0.4) is 0 Å². The zero-order valence-electron chi connectivity index (χ0n) is 18.2. The van der Waals surface area contributed by atoms with Gasteiger partial charge in [0.15, 0.2) is 0 Å². The maximum absolute atomic E-state index is 13.2. The number of anilines is 2. The molecule has 2 aromatic carbocycles. The Balaban J connectivity index is 2.01. The molecule has 3 rings (SSSR count). The Bertz CT molecular complexity index is 1150. The van der Waals surface area contributed by atoms with Crippen molar-refractivity contribution in [2.24, 2.45) is 5.92 Å². The summed E-state index contributed by atoms with van der Waals surface area (Å²) in [6.07, 6.45) is 1.35. The summed E-state index contributed by atoms with van der Waals surface area (Å²) in [5.74, 6) is -1.79. The Morgan fingerprint density at radius 2 is 2.00 bits per heavy atom. The van der Waals surface area contributed by atoms with Crippen molar-refractivity contribution in [2.45, 2.75) is 24.7 Å². The van der Waals surface area contributed by atoms with E-state index < -0.39 is 16.0 Å². The largest absolute Gasteiger partial charge is 0.495 e. The monoisotopic (exact) mass is 496 g/mol. The van der Waals surface area contributed by atoms with Crippen molar-refractivity contribution in [1.82, 2.24) is 0 Å². The minimum Gasteiger partial charge on any atom is -0.495 e. The fourth-order valence-electron chi connectivity index (χ4n) is 3.74. The molecule has 1 heterocycles. The van der Waals surface area contributed by atoms with Crippen molar-refractivity contribution >= 4 is 44.9 Å². The first-order valence-electron chi connectivity index (χ1n) is 10.3. The molecule has 1 saturated heterocycles. The molecule has 1 atom stereocenters. The van der Waals surface area contributed by atoms with E-state index in [1.165, 1.54) is 43.5 Å². The zero-order chi connectivity index (χ0) is 24.2. The normalized spacial score (nSPS) is 16.2. The van der Waals surface area contributed by atoms with Gasteiger partial charge in [-0.05, 0) is 56.2 Å². The predicted octanol–water partition coefficient (Wildman–Crippen LogP) is 3.63. The SMILES string of the molecule is CCOC(=O)[C@H]1CCCN(c2ccc(C(=O)O)cc2NS(=O)(=O)c2cc(Cl)ccc2OC)C1. The minimum absolute atomic E-state index is 0.0708. The van der Waals surface area contributed by atoms with Crippen molar-refractivity contribution in [3.63, 3.8) is 0 Å². The van der Waals surface area contributed by atoms with E-state index in [-0.39, 0.29) is 45.4 Å². The van der Waals surface area contributed by atoms with Crippen LogP contribution in [-0.2, 0) is 19.6 Å². The highest BCUT2D eigenvalue weighted by atomic mass is 35.5. The number of hydrogen-bond donors (Lipinski definition) is 2. The number of esters is 1. The van der Waals surface area contributed by atoms with Gasteiger partial charge in [-0.3, -0.25) is 9.52 Å². The first-order valence-corrected chi connectivity index (χ1v) is 12.2. The second-order valence-electron chi connectivity index (χ2n) is 7.47. The number of aromatic carboxylic acids is 1. The molecule has 9 nitrogen and oxygen atoms in total. The number of carboxylic acids is 1. The van der Waals surface area contributed by atoms with E-state index in [0.717, 1.165) is 0 Å². The molecule has 1 aliphatic heterocycles. The molecule has 178 valence electrons. The molecule has 0 aliphatic carbocycles. The maximum Gasteiger partial charge on any atom is 0.335 e. The van der Waals surface area contributed by atoms with Crippen molar-refractivity contribution in [3.8, 4) is 5.75 Å². The molecule has 0 radical (unpaired) electrons. The van der Waals surface area contributed by atoms with E-state index in [0.29, 0.717) is 31.6 Å². The van der Waals surface area contributed by atoms with Gasteiger partial charge in [-0.15, -0.1) is 0 Å². The Morgan fingerprint density at radius 1 is 1.24 bits per heavy atom. The quantitative estimate of drug-likeness (QED) is 0.531. The summed E-state index contributed by atoms with van der Waals surface area (Å²) in [5.41, 5.74) is 0.438. The van der Waals surface area contributed by atoms with Crippen LogP contribution in [0, 0.1) is 5.92 Å². The van der Waals surface area contributed by atoms with Crippen LogP contribution < -0.4 is 14.4 Å². The zero-order valence-corrected chi connectivity index (χ0v) is 19.8. The van der Waals surface area contributed by atoms with Crippen LogP contribution >= 0.6 is 11.6 Å². The number of halogens is 1. The maximum atomic E-state index is 13.2. The van der Waals surface area contributed by atoms with Crippen LogP contribution in [0.15, 0.2) is 41.3 Å². The summed E-state index contributed by atoms with van der Waals surface area (Å²) >= 11 is 6.00. The third kappa shape index (κ3) is 5.69. The first kappa shape index (κ1) is 24.7. The number of sulfonamides is 1. The third-order valence-corrected chi connectivity index (χ3v) is 6.91. The second-order valence-corrected chi connectivity index (χ2v) is 9.56. The molecule has 0 unspecified atom stereocenters. The van der Waals surface area contributed by atoms with Crippen LogP contribution in [0.4, 0.5) is 11.4 Å². The number of rotatable bonds is 8. The number of piperidine rings is 1. The van der Waals surface area contributed by atoms with Gasteiger partial charge in [-0.1, -0.05) is 11.6 Å². The van der Waals surface area contributed by atoms with Gasteiger partial charge < -0.3 is 19.5 Å². The van der Waals surface area contributed by atoms with Crippen LogP contribution in [-0.4, -0.2) is 52.3 Å². The van der Waals surface area contributed by atoms with Crippen LogP contribution in [0.5, 0.6) is 5.75 Å². The standard InChI is InChI=1S/C22H25ClN2O7S/c1-3-32-22(28)15-5-4-10-25(13-15)18-8-6-14(21(26)27)11-17(18)24-33(29,30)20-12-16(23)7-9-19(20)31-2/h6-9,11-12,15,24H,3-5,10,13H2,1-2H3,(H,26,27)/t15-/m0/s1. The number of nitrogens with zero attached hydrogens (tertiary/aromatic N) is 1. The summed E-state index contributed by atoms with van der Waals surface area (Å²) in [4.78, 5) is 25.5. The van der Waals surface area contributed by atoms with Crippen molar-refractivity contribution in [1.29, 1.82) is 0 Å². The average molecular weight is 497 g/mol. The Morgan fingerprint density at radius 3 is 2.67 bits per heavy atom. The lowest BCUT2D eigenvalue weighted by molar-refractivity contribution is -0.148. The highest BCUT2D eigenvalue weighted by Crippen LogP contribution is 2.35. The summed E-state index contributed by atoms with van der Waals surface area (Å²) in [6, 6.07) is 8.36. The van der Waals surface area contributed by atoms with Gasteiger partial charge in [-0.25, -0.2) is 13.2 Å². The molecule has 0 amide bonds. The lowest BCUT2D eigenvalue weighted by atomic mass is 9.97. The highest BCUT2D eigenvalue weighted by molar-refractivity contribution is 7.92. The van der Waals surface area contributed by atoms with Crippen LogP contribution in [0.1, 0.15) is 30.1 Å². The lowest BCUT2D eigenvalue weighted by Crippen LogP contribution is -2.39. The number of hydrogen-bond acceptors (Lipinski definition) is 7. The van der Waals surface area contributed by atoms with E-state index in [1.54, 1.807) is 6.92 Å². The topological polar surface area (TPSA) is 122 Å². The van der Waals surface area contributed by atoms with E-state index in [9.17, 15) is 23.1 Å². The van der Waals surface area contributed by atoms with E-state index in [1.807, 2.05) is 4.90 Å². The number of methoxy groups -OCH3 is 1. The van der Waals surface area contributed by atoms with Gasteiger partial charge >= 0.3 is 11.9 Å². The summed E-state index contributed by atoms with van der Waals surface area (Å²) in [7, 11) is -2.86. The predicted molar refractivity (Wildman–Crippen MR) is 124 cm³/mol. The number of nitrogens with one attached hydrogen (secondary N) is 1. The number of ether oxygens (including phenoxy) is 2. The fraction of sp³-hybridized carbons (Fsp3) is 0.364. The summed E-state index contributed by atoms with van der Waals surface area (Å²) in [5, 5.41) is 9.63. The Hall–Kier alpha value is -2.98. The lowest BCUT2D eigenvalue weighted by Gasteiger charge is -2.34. The number of carboxylic acid groups (broad SMARTS) is 1. The van der Waals surface area contributed by atoms with Crippen LogP contribution in [0.25, 0.3) is 0 Å². The molecule has 0 spiro atoms. The van der Waals surface area contributed by atoms with Crippen molar-refractivity contribution in [3.05, 3.63) is 47.0 Å². The van der Waals surface area contributed by atoms with E-state index in [2.05, 4.69) is 4.72 Å². The van der Waals surface area contributed by atoms with Gasteiger partial charge in [-0.2, -0.15) is 0 Å². The van der Waals surface area contributed by atoms with Crippen LogP contribution in [0.2, 0.25) is 5.02 Å². The van der Waals surface area contributed by atoms with E-state index in [4.69, 9.17) is 21.1 Å². The summed E-state index contributed by atoms with van der Waals surface area (Å²) < 4.78 is 39.2. The molecular weight excluding hydrogens is 472 g/mol. The van der Waals surface area contributed by atoms with E-state index >= 15 is 0 Å². The Labute approximate surface area is 197 Å². The van der Waals surface area contributed by atoms with Gasteiger partial charge in [0.2, 0.25) is 0 Å². The third-order valence-electron chi connectivity index (χ3n) is 5.29. The molecule has 33 heavy (non-hydrogen) atoms. The molecule has 2 aromatic rings. The van der Waals surface area contributed by atoms with Gasteiger partial charge in [0.25, 0.3) is 10.0 Å². The first-order chi connectivity index (χ1) is 15.7. The molecule has 0 aromatic heterocycles. The number of carbonyl (C=O) groups excluding carboxylic acids is 1. The summed E-state index contributed by atoms with van der Waals surface area (Å²) in [6.45, 7) is 2.90. The molecule has 1 fully saturated rings. The number of carbonyl (C=O) groups is 2. The number of benzene rings is 2. The average Bonchev–Trinajstić information content (AvgIpc) is 2.79. The smallest absolute Gasteiger partial charge is 0.335 e. The molecular formula is C22H25ClN2O7S. The van der Waals surface area contributed by atoms with Crippen molar-refractivity contribution < 1.29 is 32.6 Å². The second kappa shape index (κ2) is 10.3. The minimum atomic E-state index is -4.19. The van der Waals surface area contributed by atoms with Gasteiger partial charge in [0, 0.05) is 18.1 Å². The fourth-order valence-corrected chi connectivity index (χ4v) is 5.23. The molecule has 1 aliphatic rings. The molecule has 11 heteroatoms. The molecule has 2 N–H and O–H groups in total. The highest BCUT2D eigenvalue weighted by Gasteiger charge is 2.29. The molecule has 0 bridgehead atoms. The Kier molecular flexibility index (Phi) is 7.70. The molecule has 0 saturated carbocycles. The van der Waals surface area contributed by atoms with Gasteiger partial charge in [0.05, 0.1) is 36.6 Å². The van der Waals surface area contributed by atoms with Gasteiger partial charge in [0.1, 0.15) is 10.6 Å².